The van der Waals surface area contributed by atoms with Crippen molar-refractivity contribution in [2.45, 2.75) is 39.0 Å². The molecule has 0 bridgehead atoms. The summed E-state index contributed by atoms with van der Waals surface area (Å²) in [6.45, 7) is 5.01. The van der Waals surface area contributed by atoms with Crippen LogP contribution in [0.1, 0.15) is 59.7 Å². The second-order valence-corrected chi connectivity index (χ2v) is 9.85. The van der Waals surface area contributed by atoms with Gasteiger partial charge in [-0.3, -0.25) is 9.59 Å². The van der Waals surface area contributed by atoms with E-state index in [0.717, 1.165) is 32.1 Å². The van der Waals surface area contributed by atoms with E-state index < -0.39 is 27.9 Å². The molecule has 32 heavy (non-hydrogen) atoms. The first-order valence-electron chi connectivity index (χ1n) is 10.4. The quantitative estimate of drug-likeness (QED) is 0.281. The summed E-state index contributed by atoms with van der Waals surface area (Å²) in [7, 11) is -4.17. The molecule has 1 fully saturated rings. The highest BCUT2D eigenvalue weighted by molar-refractivity contribution is 7.86. The summed E-state index contributed by atoms with van der Waals surface area (Å²) in [5, 5.41) is 1.14. The molecule has 2 amide bonds. The van der Waals surface area contributed by atoms with E-state index in [4.69, 9.17) is 9.02 Å². The molecule has 1 aliphatic carbocycles. The Balaban J connectivity index is 1.68. The lowest BCUT2D eigenvalue weighted by atomic mass is 9.91. The maximum Gasteiger partial charge on any atom is 0.338 e. The van der Waals surface area contributed by atoms with E-state index in [-0.39, 0.29) is 34.1 Å². The molecule has 2 aromatic carbocycles. The Morgan fingerprint density at radius 2 is 1.78 bits per heavy atom. The van der Waals surface area contributed by atoms with E-state index in [1.807, 2.05) is 0 Å². The summed E-state index contributed by atoms with van der Waals surface area (Å²) in [6.07, 6.45) is 4.50. The summed E-state index contributed by atoms with van der Waals surface area (Å²) in [5.41, 5.74) is 0.311. The second kappa shape index (κ2) is 8.48. The van der Waals surface area contributed by atoms with Crippen LogP contribution < -0.4 is 4.74 Å². The highest BCUT2D eigenvalue weighted by Gasteiger charge is 2.38. The molecule has 1 heterocycles. The lowest BCUT2D eigenvalue weighted by Crippen LogP contribution is -2.42. The zero-order chi connectivity index (χ0) is 23.0. The third-order valence-corrected chi connectivity index (χ3v) is 6.95. The topological polar surface area (TPSA) is 107 Å². The Morgan fingerprint density at radius 1 is 1.09 bits per heavy atom. The van der Waals surface area contributed by atoms with Crippen LogP contribution in [0.3, 0.4) is 0 Å². The van der Waals surface area contributed by atoms with Crippen LogP contribution in [0.15, 0.2) is 42.5 Å². The first-order chi connectivity index (χ1) is 15.2. The van der Waals surface area contributed by atoms with Crippen LogP contribution in [0.5, 0.6) is 5.75 Å². The molecular weight excluding hydrogens is 434 g/mol. The van der Waals surface area contributed by atoms with Gasteiger partial charge in [-0.15, -0.1) is 9.35 Å². The third-order valence-electron chi connectivity index (χ3n) is 5.69. The van der Waals surface area contributed by atoms with Crippen molar-refractivity contribution in [2.75, 3.05) is 5.75 Å². The van der Waals surface area contributed by atoms with Crippen LogP contribution in [0.2, 0.25) is 0 Å². The molecular formula is C23H23NO7S. The van der Waals surface area contributed by atoms with E-state index in [1.54, 1.807) is 12.1 Å². The van der Waals surface area contributed by atoms with Gasteiger partial charge < -0.3 is 4.74 Å². The smallest absolute Gasteiger partial charge is 0.338 e. The molecule has 1 aliphatic heterocycles. The molecule has 2 aliphatic rings. The van der Waals surface area contributed by atoms with Gasteiger partial charge in [0.05, 0.1) is 16.9 Å². The summed E-state index contributed by atoms with van der Waals surface area (Å²) in [4.78, 5) is 38.0. The summed E-state index contributed by atoms with van der Waals surface area (Å²) in [6, 6.07) is 7.57. The minimum absolute atomic E-state index is 0.00933. The predicted octanol–water partition coefficient (Wildman–Crippen LogP) is 3.76. The Kier molecular flexibility index (Phi) is 5.87. The van der Waals surface area contributed by atoms with Gasteiger partial charge in [-0.2, -0.15) is 8.42 Å². The van der Waals surface area contributed by atoms with Gasteiger partial charge in [-0.1, -0.05) is 38.0 Å². The summed E-state index contributed by atoms with van der Waals surface area (Å²) in [5.74, 6) is -2.70. The average Bonchev–Trinajstić information content (AvgIpc) is 2.75. The Morgan fingerprint density at radius 3 is 2.47 bits per heavy atom. The van der Waals surface area contributed by atoms with Gasteiger partial charge >= 0.3 is 5.97 Å². The fourth-order valence-electron chi connectivity index (χ4n) is 4.17. The zero-order valence-corrected chi connectivity index (χ0v) is 18.4. The number of amides is 2. The molecule has 0 aromatic heterocycles. The maximum atomic E-state index is 13.1. The van der Waals surface area contributed by atoms with Crippen molar-refractivity contribution >= 4 is 38.7 Å². The highest BCUT2D eigenvalue weighted by Crippen LogP contribution is 2.34. The molecule has 8 nitrogen and oxygen atoms in total. The van der Waals surface area contributed by atoms with Crippen molar-refractivity contribution in [3.63, 3.8) is 0 Å². The highest BCUT2D eigenvalue weighted by atomic mass is 32.2. The van der Waals surface area contributed by atoms with Crippen molar-refractivity contribution in [2.24, 2.45) is 5.92 Å². The lowest BCUT2D eigenvalue weighted by molar-refractivity contribution is -0.130. The van der Waals surface area contributed by atoms with Crippen molar-refractivity contribution in [3.05, 3.63) is 53.6 Å². The van der Waals surface area contributed by atoms with Gasteiger partial charge in [0.25, 0.3) is 21.9 Å². The number of hydrogen-bond donors (Lipinski definition) is 0. The average molecular weight is 458 g/mol. The maximum absolute atomic E-state index is 13.1. The summed E-state index contributed by atoms with van der Waals surface area (Å²) >= 11 is 0. The Hall–Kier alpha value is -3.04. The van der Waals surface area contributed by atoms with Crippen LogP contribution >= 0.6 is 0 Å². The molecule has 0 N–H and O–H groups in total. The van der Waals surface area contributed by atoms with E-state index >= 15 is 0 Å². The molecule has 1 saturated carbocycles. The lowest BCUT2D eigenvalue weighted by Gasteiger charge is -2.27. The van der Waals surface area contributed by atoms with Crippen LogP contribution in [0, 0.1) is 5.92 Å². The Bertz CT molecular complexity index is 1240. The number of esters is 1. The third kappa shape index (κ3) is 4.31. The molecule has 9 heteroatoms. The second-order valence-electron chi connectivity index (χ2n) is 8.25. The molecule has 0 unspecified atom stereocenters. The SMILES string of the molecule is C=C(C)C(=O)Oc1cc2c3c(cccc3c1)C(=O)N(OS(=O)(=O)CC1CCCCC1)C2=O. The minimum atomic E-state index is -4.17. The molecule has 2 aromatic rings. The van der Waals surface area contributed by atoms with Crippen LogP contribution in [0.25, 0.3) is 10.8 Å². The number of rotatable bonds is 6. The van der Waals surface area contributed by atoms with E-state index in [2.05, 4.69) is 6.58 Å². The van der Waals surface area contributed by atoms with E-state index in [0.29, 0.717) is 15.8 Å². The summed E-state index contributed by atoms with van der Waals surface area (Å²) < 4.78 is 35.6. The van der Waals surface area contributed by atoms with Gasteiger partial charge in [-0.05, 0) is 49.3 Å². The number of carbonyl (C=O) groups excluding carboxylic acids is 3. The van der Waals surface area contributed by atoms with Crippen molar-refractivity contribution in [3.8, 4) is 5.75 Å². The number of hydrogen-bond acceptors (Lipinski definition) is 7. The van der Waals surface area contributed by atoms with Crippen LogP contribution in [-0.2, 0) is 19.2 Å². The van der Waals surface area contributed by atoms with Gasteiger partial charge in [0.2, 0.25) is 0 Å². The fourth-order valence-corrected chi connectivity index (χ4v) is 5.50. The van der Waals surface area contributed by atoms with Crippen molar-refractivity contribution < 1.29 is 31.8 Å². The number of carbonyl (C=O) groups is 3. The fraction of sp³-hybridized carbons (Fsp3) is 0.348. The number of benzene rings is 2. The van der Waals surface area contributed by atoms with Crippen molar-refractivity contribution in [1.29, 1.82) is 0 Å². The standard InChI is InChI=1S/C23H23NO7S/c1-14(2)23(27)30-17-11-16-9-6-10-18-20(16)19(12-17)22(26)24(21(18)25)31-32(28,29)13-15-7-4-3-5-8-15/h6,9-12,15H,1,3-5,7-8,13H2,2H3. The minimum Gasteiger partial charge on any atom is -0.423 e. The number of nitrogens with zero attached hydrogens (tertiary/aromatic N) is 1. The molecule has 4 rings (SSSR count). The largest absolute Gasteiger partial charge is 0.423 e. The number of imide groups is 1. The number of ether oxygens (including phenoxy) is 1. The van der Waals surface area contributed by atoms with Gasteiger partial charge in [-0.25, -0.2) is 4.79 Å². The molecule has 0 atom stereocenters. The predicted molar refractivity (Wildman–Crippen MR) is 116 cm³/mol. The Labute approximate surface area is 185 Å². The first-order valence-corrected chi connectivity index (χ1v) is 12.0. The molecule has 168 valence electrons. The monoisotopic (exact) mass is 457 g/mol. The van der Waals surface area contributed by atoms with Crippen molar-refractivity contribution in [1.82, 2.24) is 5.06 Å². The van der Waals surface area contributed by atoms with Gasteiger partial charge in [0.15, 0.2) is 0 Å². The zero-order valence-electron chi connectivity index (χ0n) is 17.6. The van der Waals surface area contributed by atoms with Crippen LogP contribution in [0.4, 0.5) is 0 Å². The van der Waals surface area contributed by atoms with Gasteiger partial charge in [0, 0.05) is 11.0 Å². The van der Waals surface area contributed by atoms with E-state index in [1.165, 1.54) is 25.1 Å². The first kappa shape index (κ1) is 22.2. The normalized spacial score (nSPS) is 17.0. The molecule has 0 radical (unpaired) electrons. The molecule has 0 saturated heterocycles. The number of hydroxylamine groups is 2. The van der Waals surface area contributed by atoms with Gasteiger partial charge in [0.1, 0.15) is 5.75 Å². The van der Waals surface area contributed by atoms with E-state index in [9.17, 15) is 22.8 Å². The molecule has 0 spiro atoms. The van der Waals surface area contributed by atoms with Crippen LogP contribution in [-0.4, -0.2) is 37.0 Å².